The van der Waals surface area contributed by atoms with Crippen LogP contribution in [0.25, 0.3) is 65.3 Å². The van der Waals surface area contributed by atoms with Gasteiger partial charge >= 0.3 is 0 Å². The molecule has 40 heavy (non-hydrogen) atoms. The monoisotopic (exact) mass is 518 g/mol. The number of fused-ring (bicyclic) bond motifs is 9. The molecule has 0 bridgehead atoms. The Hall–Kier alpha value is -4.42. The first-order valence-corrected chi connectivity index (χ1v) is 14.6. The number of hydrogen-bond acceptors (Lipinski definition) is 0. The van der Waals surface area contributed by atoms with E-state index in [0.29, 0.717) is 0 Å². The van der Waals surface area contributed by atoms with E-state index in [4.69, 9.17) is 0 Å². The van der Waals surface area contributed by atoms with Crippen LogP contribution in [-0.2, 0) is 0 Å². The lowest BCUT2D eigenvalue weighted by Gasteiger charge is -2.10. The summed E-state index contributed by atoms with van der Waals surface area (Å²) < 4.78 is 0. The van der Waals surface area contributed by atoms with Gasteiger partial charge in [-0.25, -0.2) is 0 Å². The first-order valence-electron chi connectivity index (χ1n) is 14.6. The Labute approximate surface area is 238 Å². The Kier molecular flexibility index (Phi) is 7.99. The van der Waals surface area contributed by atoms with Crippen LogP contribution in [-0.4, -0.2) is 0 Å². The lowest BCUT2D eigenvalue weighted by Crippen LogP contribution is -1.83. The molecule has 1 aliphatic rings. The van der Waals surface area contributed by atoms with Crippen LogP contribution in [0.1, 0.15) is 38.8 Å². The molecule has 0 heteroatoms. The molecule has 0 atom stereocenters. The van der Waals surface area contributed by atoms with Crippen molar-refractivity contribution in [3.63, 3.8) is 0 Å². The molecule has 0 amide bonds. The van der Waals surface area contributed by atoms with Crippen LogP contribution in [0, 0.1) is 13.8 Å². The Balaban J connectivity index is 0.000000144. The third-order valence-corrected chi connectivity index (χ3v) is 7.67. The van der Waals surface area contributed by atoms with Gasteiger partial charge in [-0.3, -0.25) is 0 Å². The highest BCUT2D eigenvalue weighted by atomic mass is 14.2. The number of aryl methyl sites for hydroxylation is 2. The van der Waals surface area contributed by atoms with Gasteiger partial charge < -0.3 is 0 Å². The molecule has 7 aromatic rings. The van der Waals surface area contributed by atoms with Gasteiger partial charge in [0.1, 0.15) is 0 Å². The Morgan fingerprint density at radius 1 is 0.325 bits per heavy atom. The van der Waals surface area contributed by atoms with E-state index in [2.05, 4.69) is 135 Å². The predicted molar refractivity (Wildman–Crippen MR) is 180 cm³/mol. The number of hydrogen-bond donors (Lipinski definition) is 0. The van der Waals surface area contributed by atoms with Crippen molar-refractivity contribution in [2.75, 3.05) is 0 Å². The third kappa shape index (κ3) is 4.54. The van der Waals surface area contributed by atoms with Crippen molar-refractivity contribution in [3.8, 4) is 22.3 Å². The van der Waals surface area contributed by atoms with Gasteiger partial charge in [-0.05, 0) is 84.8 Å². The SMILES string of the molecule is CC.CC.Cc1ccc2c3c(cccc13)-c1ccccc1-2.Cc1ccc2c3ccccc3c3ccccc3c2c1. The van der Waals surface area contributed by atoms with Gasteiger partial charge in [-0.2, -0.15) is 0 Å². The first-order chi connectivity index (χ1) is 19.7. The zero-order chi connectivity index (χ0) is 28.2. The normalized spacial score (nSPS) is 10.8. The Morgan fingerprint density at radius 3 is 1.32 bits per heavy atom. The summed E-state index contributed by atoms with van der Waals surface area (Å²) in [6.07, 6.45) is 0. The van der Waals surface area contributed by atoms with E-state index in [0.717, 1.165) is 0 Å². The van der Waals surface area contributed by atoms with Gasteiger partial charge in [-0.15, -0.1) is 0 Å². The van der Waals surface area contributed by atoms with Crippen LogP contribution in [0.5, 0.6) is 0 Å². The zero-order valence-electron chi connectivity index (χ0n) is 24.5. The molecule has 0 nitrogen and oxygen atoms in total. The summed E-state index contributed by atoms with van der Waals surface area (Å²) in [6.45, 7) is 12.3. The fourth-order valence-corrected chi connectivity index (χ4v) is 5.98. The van der Waals surface area contributed by atoms with Crippen LogP contribution in [0.4, 0.5) is 0 Å². The summed E-state index contributed by atoms with van der Waals surface area (Å²) in [5.74, 6) is 0. The maximum absolute atomic E-state index is 2.30. The minimum atomic E-state index is 1.31. The van der Waals surface area contributed by atoms with Crippen LogP contribution in [0.15, 0.2) is 121 Å². The fraction of sp³-hybridized carbons (Fsp3) is 0.150. The average molecular weight is 519 g/mol. The molecule has 0 saturated heterocycles. The van der Waals surface area contributed by atoms with Crippen LogP contribution < -0.4 is 0 Å². The highest BCUT2D eigenvalue weighted by Gasteiger charge is 2.20. The van der Waals surface area contributed by atoms with Gasteiger partial charge in [0, 0.05) is 0 Å². The largest absolute Gasteiger partial charge is 0.0683 e. The van der Waals surface area contributed by atoms with Crippen LogP contribution >= 0.6 is 0 Å². The fourth-order valence-electron chi connectivity index (χ4n) is 5.98. The van der Waals surface area contributed by atoms with Crippen molar-refractivity contribution >= 4 is 43.1 Å². The molecule has 0 N–H and O–H groups in total. The summed E-state index contributed by atoms with van der Waals surface area (Å²) in [4.78, 5) is 0. The molecule has 0 fully saturated rings. The van der Waals surface area contributed by atoms with Gasteiger partial charge in [0.05, 0.1) is 0 Å². The van der Waals surface area contributed by atoms with Gasteiger partial charge in [0.15, 0.2) is 0 Å². The minimum absolute atomic E-state index is 1.31. The minimum Gasteiger partial charge on any atom is -0.0683 e. The van der Waals surface area contributed by atoms with Crippen molar-refractivity contribution in [3.05, 3.63) is 132 Å². The van der Waals surface area contributed by atoms with Gasteiger partial charge in [0.25, 0.3) is 0 Å². The van der Waals surface area contributed by atoms with Crippen molar-refractivity contribution in [1.29, 1.82) is 0 Å². The molecular weight excluding hydrogens is 480 g/mol. The van der Waals surface area contributed by atoms with E-state index in [-0.39, 0.29) is 0 Å². The smallest absolute Gasteiger partial charge is 0.00237 e. The average Bonchev–Trinajstić information content (AvgIpc) is 3.36. The highest BCUT2D eigenvalue weighted by molar-refractivity contribution is 6.25. The summed E-state index contributed by atoms with van der Waals surface area (Å²) >= 11 is 0. The molecule has 198 valence electrons. The third-order valence-electron chi connectivity index (χ3n) is 7.67. The van der Waals surface area contributed by atoms with E-state index >= 15 is 0 Å². The van der Waals surface area contributed by atoms with Crippen molar-refractivity contribution in [2.24, 2.45) is 0 Å². The number of benzene rings is 7. The lowest BCUT2D eigenvalue weighted by atomic mass is 9.93. The molecule has 0 aliphatic heterocycles. The van der Waals surface area contributed by atoms with Gasteiger partial charge in [0.2, 0.25) is 0 Å². The molecule has 0 radical (unpaired) electrons. The molecule has 0 aromatic heterocycles. The van der Waals surface area contributed by atoms with E-state index < -0.39 is 0 Å². The van der Waals surface area contributed by atoms with E-state index in [1.807, 2.05) is 27.7 Å². The molecule has 0 saturated carbocycles. The van der Waals surface area contributed by atoms with Crippen molar-refractivity contribution < 1.29 is 0 Å². The Morgan fingerprint density at radius 2 is 0.750 bits per heavy atom. The Bertz CT molecular complexity index is 1890. The summed E-state index contributed by atoms with van der Waals surface area (Å²) in [6, 6.07) is 43.9. The predicted octanol–water partition coefficient (Wildman–Crippen LogP) is 12.3. The van der Waals surface area contributed by atoms with Crippen molar-refractivity contribution in [1.82, 2.24) is 0 Å². The standard InChI is InChI=1S/C19H14.C17H12.2C2H6/c1-13-10-11-18-16-8-3-2-6-14(16)15-7-4-5-9-17(15)19(18)12-13;1-11-9-10-16-14-6-3-2-5-13(14)15-8-4-7-12(11)17(15)16;2*1-2/h2-12H,1H3;2-10H,1H3;2*1-2H3. The molecule has 0 unspecified atom stereocenters. The maximum Gasteiger partial charge on any atom is -0.00237 e. The van der Waals surface area contributed by atoms with Crippen molar-refractivity contribution in [2.45, 2.75) is 41.5 Å². The second-order valence-electron chi connectivity index (χ2n) is 9.84. The van der Waals surface area contributed by atoms with Crippen LogP contribution in [0.2, 0.25) is 0 Å². The second kappa shape index (κ2) is 11.8. The second-order valence-corrected chi connectivity index (χ2v) is 9.84. The van der Waals surface area contributed by atoms with Gasteiger partial charge in [-0.1, -0.05) is 155 Å². The summed E-state index contributed by atoms with van der Waals surface area (Å²) in [5.41, 5.74) is 8.19. The topological polar surface area (TPSA) is 0 Å². The van der Waals surface area contributed by atoms with E-state index in [1.54, 1.807) is 0 Å². The summed E-state index contributed by atoms with van der Waals surface area (Å²) in [5, 5.41) is 10.9. The molecule has 1 aliphatic carbocycles. The number of rotatable bonds is 0. The zero-order valence-corrected chi connectivity index (χ0v) is 24.5. The molecular formula is C40H38. The molecule has 8 rings (SSSR count). The summed E-state index contributed by atoms with van der Waals surface area (Å²) in [7, 11) is 0. The highest BCUT2D eigenvalue weighted by Crippen LogP contribution is 2.47. The first kappa shape index (κ1) is 27.2. The van der Waals surface area contributed by atoms with E-state index in [1.165, 1.54) is 76.5 Å². The maximum atomic E-state index is 2.30. The molecule has 7 aromatic carbocycles. The van der Waals surface area contributed by atoms with Crippen LogP contribution in [0.3, 0.4) is 0 Å². The molecule has 0 heterocycles. The quantitative estimate of drug-likeness (QED) is 0.175. The van der Waals surface area contributed by atoms with E-state index in [9.17, 15) is 0 Å². The lowest BCUT2D eigenvalue weighted by molar-refractivity contribution is 1.50. The molecule has 0 spiro atoms.